The number of nitrogens with one attached hydrogen (secondary N) is 1. The van der Waals surface area contributed by atoms with E-state index in [4.69, 9.17) is 11.6 Å². The first-order valence-corrected chi connectivity index (χ1v) is 6.95. The quantitative estimate of drug-likeness (QED) is 0.914. The molecular weight excluding hydrogens is 293 g/mol. The van der Waals surface area contributed by atoms with Crippen molar-refractivity contribution in [2.75, 3.05) is 5.32 Å². The van der Waals surface area contributed by atoms with E-state index < -0.39 is 6.10 Å². The predicted molar refractivity (Wildman–Crippen MR) is 78.8 cm³/mol. The standard InChI is InChI=1S/C16H13ClFNO2/c17-13-8-14-10(7-16(21)19-14)6-12(13)15(20)5-9-1-3-11(18)4-2-9/h1-4,6,8,15,20H,5,7H2,(H,19,21). The molecule has 1 unspecified atom stereocenters. The first-order chi connectivity index (χ1) is 10.0. The molecule has 1 atom stereocenters. The summed E-state index contributed by atoms with van der Waals surface area (Å²) in [5.41, 5.74) is 2.92. The summed E-state index contributed by atoms with van der Waals surface area (Å²) in [6, 6.07) is 9.38. The second kappa shape index (κ2) is 5.47. The lowest BCUT2D eigenvalue weighted by Gasteiger charge is -2.14. The Morgan fingerprint density at radius 2 is 2.00 bits per heavy atom. The van der Waals surface area contributed by atoms with Crippen molar-refractivity contribution in [2.24, 2.45) is 0 Å². The maximum Gasteiger partial charge on any atom is 0.228 e. The van der Waals surface area contributed by atoms with Crippen molar-refractivity contribution < 1.29 is 14.3 Å². The zero-order chi connectivity index (χ0) is 15.0. The van der Waals surface area contributed by atoms with Crippen molar-refractivity contribution in [1.29, 1.82) is 0 Å². The summed E-state index contributed by atoms with van der Waals surface area (Å²) in [6.45, 7) is 0. The van der Waals surface area contributed by atoms with Gasteiger partial charge in [-0.3, -0.25) is 4.79 Å². The van der Waals surface area contributed by atoms with E-state index in [2.05, 4.69) is 5.32 Å². The van der Waals surface area contributed by atoms with E-state index in [0.717, 1.165) is 11.1 Å². The summed E-state index contributed by atoms with van der Waals surface area (Å²) in [5.74, 6) is -0.389. The Morgan fingerprint density at radius 1 is 1.29 bits per heavy atom. The molecule has 0 bridgehead atoms. The van der Waals surface area contributed by atoms with E-state index in [1.54, 1.807) is 24.3 Å². The third-order valence-corrected chi connectivity index (χ3v) is 3.88. The number of aliphatic hydroxyl groups excluding tert-OH is 1. The molecule has 0 fully saturated rings. The topological polar surface area (TPSA) is 49.3 Å². The largest absolute Gasteiger partial charge is 0.388 e. The summed E-state index contributed by atoms with van der Waals surface area (Å²) in [4.78, 5) is 11.4. The third kappa shape index (κ3) is 2.91. The molecule has 3 nitrogen and oxygen atoms in total. The van der Waals surface area contributed by atoms with Crippen LogP contribution in [0.4, 0.5) is 10.1 Å². The monoisotopic (exact) mass is 305 g/mol. The average molecular weight is 306 g/mol. The molecule has 5 heteroatoms. The van der Waals surface area contributed by atoms with Gasteiger partial charge in [0.1, 0.15) is 5.82 Å². The van der Waals surface area contributed by atoms with Crippen molar-refractivity contribution in [3.05, 3.63) is 63.9 Å². The predicted octanol–water partition coefficient (Wildman–Crippen LogP) is 3.25. The van der Waals surface area contributed by atoms with Crippen molar-refractivity contribution >= 4 is 23.2 Å². The van der Waals surface area contributed by atoms with Gasteiger partial charge in [-0.05, 0) is 41.0 Å². The molecule has 1 amide bonds. The lowest BCUT2D eigenvalue weighted by Crippen LogP contribution is -2.03. The zero-order valence-electron chi connectivity index (χ0n) is 11.1. The number of carbonyl (C=O) groups is 1. The Bertz CT molecular complexity index is 700. The Balaban J connectivity index is 1.85. The van der Waals surface area contributed by atoms with E-state index in [9.17, 15) is 14.3 Å². The second-order valence-electron chi connectivity index (χ2n) is 5.10. The number of amides is 1. The number of hydrogen-bond acceptors (Lipinski definition) is 2. The van der Waals surface area contributed by atoms with Crippen LogP contribution in [0.3, 0.4) is 0 Å². The van der Waals surface area contributed by atoms with Crippen LogP contribution < -0.4 is 5.32 Å². The Labute approximate surface area is 126 Å². The molecular formula is C16H13ClFNO2. The SMILES string of the molecule is O=C1Cc2cc(C(O)Cc3ccc(F)cc3)c(Cl)cc2N1. The van der Waals surface area contributed by atoms with Crippen LogP contribution in [0.1, 0.15) is 22.8 Å². The minimum absolute atomic E-state index is 0.0776. The number of carbonyl (C=O) groups excluding carboxylic acids is 1. The maximum atomic E-state index is 12.9. The van der Waals surface area contributed by atoms with Crippen LogP contribution in [0, 0.1) is 5.82 Å². The zero-order valence-corrected chi connectivity index (χ0v) is 11.8. The number of benzene rings is 2. The highest BCUT2D eigenvalue weighted by atomic mass is 35.5. The molecule has 2 aromatic rings. The number of anilines is 1. The van der Waals surface area contributed by atoms with E-state index in [1.807, 2.05) is 0 Å². The summed E-state index contributed by atoms with van der Waals surface area (Å²) >= 11 is 6.17. The van der Waals surface area contributed by atoms with Gasteiger partial charge in [0.15, 0.2) is 0 Å². The molecule has 0 spiro atoms. The Hall–Kier alpha value is -1.91. The maximum absolute atomic E-state index is 12.9. The highest BCUT2D eigenvalue weighted by Gasteiger charge is 2.22. The first-order valence-electron chi connectivity index (χ1n) is 6.57. The molecule has 0 saturated carbocycles. The molecule has 1 heterocycles. The highest BCUT2D eigenvalue weighted by molar-refractivity contribution is 6.32. The smallest absolute Gasteiger partial charge is 0.228 e. The van der Waals surface area contributed by atoms with Gasteiger partial charge in [-0.25, -0.2) is 4.39 Å². The third-order valence-electron chi connectivity index (χ3n) is 3.55. The Kier molecular flexibility index (Phi) is 3.66. The fraction of sp³-hybridized carbons (Fsp3) is 0.188. The van der Waals surface area contributed by atoms with Gasteiger partial charge in [-0.1, -0.05) is 23.7 Å². The number of halogens is 2. The molecule has 2 aromatic carbocycles. The molecule has 0 aromatic heterocycles. The van der Waals surface area contributed by atoms with Crippen molar-refractivity contribution in [3.8, 4) is 0 Å². The van der Waals surface area contributed by atoms with E-state index in [1.165, 1.54) is 12.1 Å². The highest BCUT2D eigenvalue weighted by Crippen LogP contribution is 2.33. The van der Waals surface area contributed by atoms with Crippen LogP contribution in [0.2, 0.25) is 5.02 Å². The lowest BCUT2D eigenvalue weighted by molar-refractivity contribution is -0.115. The van der Waals surface area contributed by atoms with Crippen LogP contribution in [0.5, 0.6) is 0 Å². The molecule has 1 aliphatic rings. The van der Waals surface area contributed by atoms with Gasteiger partial charge in [0, 0.05) is 17.1 Å². The normalized spacial score (nSPS) is 14.7. The van der Waals surface area contributed by atoms with Gasteiger partial charge in [-0.15, -0.1) is 0 Å². The van der Waals surface area contributed by atoms with Crippen molar-refractivity contribution in [2.45, 2.75) is 18.9 Å². The summed E-state index contributed by atoms with van der Waals surface area (Å²) < 4.78 is 12.9. The molecule has 108 valence electrons. The van der Waals surface area contributed by atoms with Crippen LogP contribution in [0.25, 0.3) is 0 Å². The van der Waals surface area contributed by atoms with E-state index in [0.29, 0.717) is 29.1 Å². The molecule has 2 N–H and O–H groups in total. The first kappa shape index (κ1) is 14.0. The van der Waals surface area contributed by atoms with Gasteiger partial charge in [-0.2, -0.15) is 0 Å². The van der Waals surface area contributed by atoms with Gasteiger partial charge < -0.3 is 10.4 Å². The molecule has 0 saturated heterocycles. The van der Waals surface area contributed by atoms with Crippen LogP contribution >= 0.6 is 11.6 Å². The molecule has 1 aliphatic heterocycles. The second-order valence-corrected chi connectivity index (χ2v) is 5.51. The summed E-state index contributed by atoms with van der Waals surface area (Å²) in [5, 5.41) is 13.5. The van der Waals surface area contributed by atoms with Gasteiger partial charge >= 0.3 is 0 Å². The number of hydrogen-bond donors (Lipinski definition) is 2. The average Bonchev–Trinajstić information content (AvgIpc) is 2.79. The number of rotatable bonds is 3. The number of aliphatic hydroxyl groups is 1. The molecule has 0 aliphatic carbocycles. The van der Waals surface area contributed by atoms with Gasteiger partial charge in [0.25, 0.3) is 0 Å². The molecule has 0 radical (unpaired) electrons. The summed E-state index contributed by atoms with van der Waals surface area (Å²) in [6.07, 6.45) is -0.174. The summed E-state index contributed by atoms with van der Waals surface area (Å²) in [7, 11) is 0. The Morgan fingerprint density at radius 3 is 2.71 bits per heavy atom. The van der Waals surface area contributed by atoms with E-state index >= 15 is 0 Å². The number of fused-ring (bicyclic) bond motifs is 1. The fourth-order valence-electron chi connectivity index (χ4n) is 2.48. The minimum Gasteiger partial charge on any atom is -0.388 e. The molecule has 21 heavy (non-hydrogen) atoms. The van der Waals surface area contributed by atoms with Crippen molar-refractivity contribution in [1.82, 2.24) is 0 Å². The minimum atomic E-state index is -0.802. The van der Waals surface area contributed by atoms with Crippen LogP contribution in [-0.2, 0) is 17.6 Å². The lowest BCUT2D eigenvalue weighted by atomic mass is 9.98. The van der Waals surface area contributed by atoms with E-state index in [-0.39, 0.29) is 11.7 Å². The van der Waals surface area contributed by atoms with Gasteiger partial charge in [0.2, 0.25) is 5.91 Å². The van der Waals surface area contributed by atoms with Crippen molar-refractivity contribution in [3.63, 3.8) is 0 Å². The molecule has 3 rings (SSSR count). The fourth-order valence-corrected chi connectivity index (χ4v) is 2.77. The van der Waals surface area contributed by atoms with Gasteiger partial charge in [0.05, 0.1) is 12.5 Å². The van der Waals surface area contributed by atoms with Crippen LogP contribution in [0.15, 0.2) is 36.4 Å². The van der Waals surface area contributed by atoms with Crippen LogP contribution in [-0.4, -0.2) is 11.0 Å².